The number of aryl methyl sites for hydroxylation is 1. The van der Waals surface area contributed by atoms with E-state index in [2.05, 4.69) is 0 Å². The molecular formula is C14H17NO3. The van der Waals surface area contributed by atoms with E-state index in [1.807, 2.05) is 31.2 Å². The Balaban J connectivity index is 2.00. The lowest BCUT2D eigenvalue weighted by atomic mass is 10.1. The van der Waals surface area contributed by atoms with Crippen LogP contribution in [0.25, 0.3) is 0 Å². The quantitative estimate of drug-likeness (QED) is 0.821. The van der Waals surface area contributed by atoms with E-state index in [0.717, 1.165) is 11.3 Å². The Kier molecular flexibility index (Phi) is 3.65. The molecule has 4 heteroatoms. The number of nitrogens with zero attached hydrogens (tertiary/aromatic N) is 1. The molecule has 1 unspecified atom stereocenters. The molecule has 1 amide bonds. The number of hydrogen-bond donors (Lipinski definition) is 0. The highest BCUT2D eigenvalue weighted by molar-refractivity contribution is 5.89. The number of benzene rings is 1. The molecule has 96 valence electrons. The lowest BCUT2D eigenvalue weighted by Crippen LogP contribution is -2.24. The van der Waals surface area contributed by atoms with Gasteiger partial charge in [0.05, 0.1) is 6.54 Å². The van der Waals surface area contributed by atoms with E-state index in [1.54, 1.807) is 11.8 Å². The fourth-order valence-electron chi connectivity index (χ4n) is 1.97. The van der Waals surface area contributed by atoms with Crippen molar-refractivity contribution >= 4 is 17.6 Å². The molecule has 2 rings (SSSR count). The first-order valence-electron chi connectivity index (χ1n) is 6.10. The van der Waals surface area contributed by atoms with Crippen LogP contribution in [0.2, 0.25) is 0 Å². The van der Waals surface area contributed by atoms with Gasteiger partial charge in [0.1, 0.15) is 11.9 Å². The van der Waals surface area contributed by atoms with Crippen molar-refractivity contribution in [2.75, 3.05) is 11.4 Å². The van der Waals surface area contributed by atoms with Crippen LogP contribution >= 0.6 is 0 Å². The molecule has 1 aromatic rings. The van der Waals surface area contributed by atoms with E-state index in [0.29, 0.717) is 19.4 Å². The Morgan fingerprint density at radius 2 is 2.06 bits per heavy atom. The molecule has 0 bridgehead atoms. The maximum absolute atomic E-state index is 11.7. The predicted molar refractivity (Wildman–Crippen MR) is 68.7 cm³/mol. The molecule has 0 aliphatic carbocycles. The zero-order valence-corrected chi connectivity index (χ0v) is 10.7. The summed E-state index contributed by atoms with van der Waals surface area (Å²) in [6.45, 7) is 4.07. The Labute approximate surface area is 107 Å². The highest BCUT2D eigenvalue weighted by Crippen LogP contribution is 2.23. The maximum atomic E-state index is 11.7. The first kappa shape index (κ1) is 12.6. The van der Waals surface area contributed by atoms with Gasteiger partial charge < -0.3 is 9.53 Å². The number of cyclic esters (lactones) is 1. The van der Waals surface area contributed by atoms with Crippen molar-refractivity contribution in [3.05, 3.63) is 29.8 Å². The van der Waals surface area contributed by atoms with Gasteiger partial charge in [0, 0.05) is 12.1 Å². The zero-order chi connectivity index (χ0) is 13.1. The monoisotopic (exact) mass is 247 g/mol. The number of rotatable bonds is 4. The number of amides is 1. The minimum Gasteiger partial charge on any atom is -0.444 e. The van der Waals surface area contributed by atoms with E-state index < -0.39 is 0 Å². The van der Waals surface area contributed by atoms with E-state index in [9.17, 15) is 9.59 Å². The van der Waals surface area contributed by atoms with Gasteiger partial charge in [0.25, 0.3) is 0 Å². The second-order valence-electron chi connectivity index (χ2n) is 4.69. The summed E-state index contributed by atoms with van der Waals surface area (Å²) >= 11 is 0. The van der Waals surface area contributed by atoms with Gasteiger partial charge >= 0.3 is 6.09 Å². The first-order valence-corrected chi connectivity index (χ1v) is 6.10. The van der Waals surface area contributed by atoms with E-state index in [1.165, 1.54) is 0 Å². The van der Waals surface area contributed by atoms with Crippen LogP contribution in [0.4, 0.5) is 10.5 Å². The van der Waals surface area contributed by atoms with Gasteiger partial charge in [-0.05, 0) is 32.4 Å². The summed E-state index contributed by atoms with van der Waals surface area (Å²) in [5.74, 6) is 0.125. The molecule has 0 saturated carbocycles. The van der Waals surface area contributed by atoms with E-state index in [-0.39, 0.29) is 18.0 Å². The third kappa shape index (κ3) is 2.88. The molecule has 0 aromatic heterocycles. The highest BCUT2D eigenvalue weighted by Gasteiger charge is 2.31. The Bertz CT molecular complexity index is 453. The molecule has 1 fully saturated rings. The first-order chi connectivity index (χ1) is 8.56. The number of ketones is 1. The van der Waals surface area contributed by atoms with Gasteiger partial charge in [0.15, 0.2) is 0 Å². The molecule has 18 heavy (non-hydrogen) atoms. The molecule has 4 nitrogen and oxygen atoms in total. The number of ether oxygens (including phenoxy) is 1. The minimum atomic E-state index is -0.326. The van der Waals surface area contributed by atoms with Crippen LogP contribution in [0.15, 0.2) is 24.3 Å². The van der Waals surface area contributed by atoms with Crippen LogP contribution in [0.1, 0.15) is 25.3 Å². The van der Waals surface area contributed by atoms with Gasteiger partial charge in [-0.2, -0.15) is 0 Å². The van der Waals surface area contributed by atoms with E-state index in [4.69, 9.17) is 4.74 Å². The van der Waals surface area contributed by atoms with Crippen molar-refractivity contribution in [3.8, 4) is 0 Å². The fourth-order valence-corrected chi connectivity index (χ4v) is 1.97. The fraction of sp³-hybridized carbons (Fsp3) is 0.429. The lowest BCUT2D eigenvalue weighted by molar-refractivity contribution is -0.117. The van der Waals surface area contributed by atoms with Gasteiger partial charge in [0.2, 0.25) is 0 Å². The van der Waals surface area contributed by atoms with Gasteiger partial charge in [-0.25, -0.2) is 4.79 Å². The predicted octanol–water partition coefficient (Wildman–Crippen LogP) is 2.69. The van der Waals surface area contributed by atoms with Gasteiger partial charge in [-0.15, -0.1) is 0 Å². The van der Waals surface area contributed by atoms with Crippen molar-refractivity contribution in [2.24, 2.45) is 0 Å². The van der Waals surface area contributed by atoms with Crippen molar-refractivity contribution in [3.63, 3.8) is 0 Å². The summed E-state index contributed by atoms with van der Waals surface area (Å²) in [5.41, 5.74) is 2.00. The molecule has 0 radical (unpaired) electrons. The van der Waals surface area contributed by atoms with Crippen LogP contribution in [0.3, 0.4) is 0 Å². The van der Waals surface area contributed by atoms with Crippen LogP contribution in [-0.4, -0.2) is 24.5 Å². The molecule has 0 N–H and O–H groups in total. The molecule has 1 heterocycles. The molecule has 0 spiro atoms. The van der Waals surface area contributed by atoms with Crippen LogP contribution in [0.5, 0.6) is 0 Å². The zero-order valence-electron chi connectivity index (χ0n) is 10.7. The maximum Gasteiger partial charge on any atom is 0.414 e. The third-order valence-electron chi connectivity index (χ3n) is 3.04. The van der Waals surface area contributed by atoms with Crippen LogP contribution < -0.4 is 4.90 Å². The second-order valence-corrected chi connectivity index (χ2v) is 4.69. The molecule has 1 saturated heterocycles. The summed E-state index contributed by atoms with van der Waals surface area (Å²) in [7, 11) is 0. The van der Waals surface area contributed by atoms with Gasteiger partial charge in [-0.1, -0.05) is 17.7 Å². The summed E-state index contributed by atoms with van der Waals surface area (Å²) in [6.07, 6.45) is 0.554. The molecule has 1 atom stereocenters. The lowest BCUT2D eigenvalue weighted by Gasteiger charge is -2.12. The number of hydrogen-bond acceptors (Lipinski definition) is 3. The smallest absolute Gasteiger partial charge is 0.414 e. The summed E-state index contributed by atoms with van der Waals surface area (Å²) in [4.78, 5) is 24.3. The highest BCUT2D eigenvalue weighted by atomic mass is 16.6. The molecule has 1 aliphatic heterocycles. The Hall–Kier alpha value is -1.84. The standard InChI is InChI=1S/C14H17NO3/c1-10-3-6-12(7-4-10)15-9-13(18-14(15)17)8-5-11(2)16/h3-4,6-7,13H,5,8-9H2,1-2H3. The molecular weight excluding hydrogens is 230 g/mol. The second kappa shape index (κ2) is 5.21. The average Bonchev–Trinajstić information content (AvgIpc) is 2.69. The summed E-state index contributed by atoms with van der Waals surface area (Å²) in [6, 6.07) is 7.74. The number of carbonyl (C=O) groups excluding carboxylic acids is 2. The third-order valence-corrected chi connectivity index (χ3v) is 3.04. The number of carbonyl (C=O) groups is 2. The van der Waals surface area contributed by atoms with Crippen molar-refractivity contribution in [2.45, 2.75) is 32.8 Å². The van der Waals surface area contributed by atoms with Gasteiger partial charge in [-0.3, -0.25) is 4.90 Å². The van der Waals surface area contributed by atoms with Crippen molar-refractivity contribution in [1.29, 1.82) is 0 Å². The van der Waals surface area contributed by atoms with Crippen LogP contribution in [0, 0.1) is 6.92 Å². The Morgan fingerprint density at radius 3 is 2.67 bits per heavy atom. The van der Waals surface area contributed by atoms with Crippen molar-refractivity contribution < 1.29 is 14.3 Å². The normalized spacial score (nSPS) is 18.9. The van der Waals surface area contributed by atoms with Crippen LogP contribution in [-0.2, 0) is 9.53 Å². The topological polar surface area (TPSA) is 46.6 Å². The van der Waals surface area contributed by atoms with Crippen molar-refractivity contribution in [1.82, 2.24) is 0 Å². The molecule has 1 aromatic carbocycles. The Morgan fingerprint density at radius 1 is 1.39 bits per heavy atom. The van der Waals surface area contributed by atoms with E-state index >= 15 is 0 Å². The summed E-state index contributed by atoms with van der Waals surface area (Å²) in [5, 5.41) is 0. The summed E-state index contributed by atoms with van der Waals surface area (Å²) < 4.78 is 5.24. The number of Topliss-reactive ketones (excluding diaryl/α,β-unsaturated/α-hetero) is 1. The minimum absolute atomic E-state index is 0.125. The SMILES string of the molecule is CC(=O)CCC1CN(c2ccc(C)cc2)C(=O)O1. The number of anilines is 1. The average molecular weight is 247 g/mol. The largest absolute Gasteiger partial charge is 0.444 e. The molecule has 1 aliphatic rings.